The smallest absolute Gasteiger partial charge is 0.0595 e. The molecule has 1 atom stereocenters. The Morgan fingerprint density at radius 3 is 2.38 bits per heavy atom. The van der Waals surface area contributed by atoms with Crippen LogP contribution >= 0.6 is 23.2 Å². The highest BCUT2D eigenvalue weighted by Gasteiger charge is 2.29. The predicted octanol–water partition coefficient (Wildman–Crippen LogP) is 4.89. The molecule has 0 saturated heterocycles. The summed E-state index contributed by atoms with van der Waals surface area (Å²) in [4.78, 5) is 2.59. The minimum absolute atomic E-state index is 0.227. The van der Waals surface area contributed by atoms with Gasteiger partial charge in [0.05, 0.1) is 10.0 Å². The molecule has 4 heteroatoms. The predicted molar refractivity (Wildman–Crippen MR) is 92.1 cm³/mol. The zero-order chi connectivity index (χ0) is 15.4. The van der Waals surface area contributed by atoms with Crippen LogP contribution in [-0.2, 0) is 0 Å². The molecule has 2 nitrogen and oxygen atoms in total. The summed E-state index contributed by atoms with van der Waals surface area (Å²) in [7, 11) is 0. The van der Waals surface area contributed by atoms with Gasteiger partial charge in [0.2, 0.25) is 0 Å². The molecule has 2 N–H and O–H groups in total. The van der Waals surface area contributed by atoms with Crippen molar-refractivity contribution in [2.75, 3.05) is 13.1 Å². The molecular weight excluding hydrogens is 303 g/mol. The molecule has 1 unspecified atom stereocenters. The summed E-state index contributed by atoms with van der Waals surface area (Å²) in [6, 6.07) is 6.79. The van der Waals surface area contributed by atoms with Gasteiger partial charge in [0, 0.05) is 25.2 Å². The molecule has 0 radical (unpaired) electrons. The molecule has 0 heterocycles. The van der Waals surface area contributed by atoms with Gasteiger partial charge in [0.25, 0.3) is 0 Å². The van der Waals surface area contributed by atoms with E-state index >= 15 is 0 Å². The van der Waals surface area contributed by atoms with Crippen LogP contribution in [0, 0.1) is 5.92 Å². The summed E-state index contributed by atoms with van der Waals surface area (Å²) in [5, 5.41) is 1.22. The third kappa shape index (κ3) is 4.35. The summed E-state index contributed by atoms with van der Waals surface area (Å²) < 4.78 is 0. The van der Waals surface area contributed by atoms with Crippen LogP contribution in [0.15, 0.2) is 18.2 Å². The molecular formula is C17H26Cl2N2. The average Bonchev–Trinajstić information content (AvgIpc) is 2.96. The Morgan fingerprint density at radius 1 is 1.19 bits per heavy atom. The Morgan fingerprint density at radius 2 is 1.86 bits per heavy atom. The second kappa shape index (κ2) is 7.82. The van der Waals surface area contributed by atoms with Gasteiger partial charge in [0.15, 0.2) is 0 Å². The maximum atomic E-state index is 6.19. The first-order chi connectivity index (χ1) is 10.0. The molecule has 2 rings (SSSR count). The quantitative estimate of drug-likeness (QED) is 0.805. The second-order valence-electron chi connectivity index (χ2n) is 6.45. The van der Waals surface area contributed by atoms with Crippen molar-refractivity contribution < 1.29 is 0 Å². The first-order valence-corrected chi connectivity index (χ1v) is 8.69. The molecule has 21 heavy (non-hydrogen) atoms. The maximum absolute atomic E-state index is 6.19. The molecule has 1 saturated carbocycles. The maximum Gasteiger partial charge on any atom is 0.0595 e. The Kier molecular flexibility index (Phi) is 6.36. The van der Waals surface area contributed by atoms with Crippen molar-refractivity contribution >= 4 is 23.2 Å². The molecule has 0 amide bonds. The Labute approximate surface area is 138 Å². The topological polar surface area (TPSA) is 29.3 Å². The van der Waals surface area contributed by atoms with Gasteiger partial charge < -0.3 is 5.73 Å². The molecule has 1 fully saturated rings. The highest BCUT2D eigenvalue weighted by Crippen LogP contribution is 2.33. The number of nitrogens with two attached hydrogens (primary N) is 1. The minimum atomic E-state index is 0.227. The van der Waals surface area contributed by atoms with Gasteiger partial charge in [-0.1, -0.05) is 56.0 Å². The van der Waals surface area contributed by atoms with E-state index in [4.69, 9.17) is 28.9 Å². The highest BCUT2D eigenvalue weighted by molar-refractivity contribution is 6.42. The summed E-state index contributed by atoms with van der Waals surface area (Å²) in [5.74, 6) is 0.627. The van der Waals surface area contributed by atoms with Crippen LogP contribution in [0.5, 0.6) is 0 Å². The van der Waals surface area contributed by atoms with E-state index in [9.17, 15) is 0 Å². The van der Waals surface area contributed by atoms with E-state index in [2.05, 4.69) is 24.8 Å². The van der Waals surface area contributed by atoms with Crippen LogP contribution in [0.3, 0.4) is 0 Å². The van der Waals surface area contributed by atoms with Crippen LogP contribution < -0.4 is 5.73 Å². The molecule has 118 valence electrons. The van der Waals surface area contributed by atoms with Gasteiger partial charge in [0.1, 0.15) is 0 Å². The number of hydrogen-bond acceptors (Lipinski definition) is 2. The van der Waals surface area contributed by atoms with E-state index in [1.165, 1.54) is 31.2 Å². The molecule has 1 aliphatic rings. The van der Waals surface area contributed by atoms with Gasteiger partial charge >= 0.3 is 0 Å². The van der Waals surface area contributed by atoms with Crippen LogP contribution in [0.2, 0.25) is 10.0 Å². The summed E-state index contributed by atoms with van der Waals surface area (Å²) in [6.07, 6.45) is 5.23. The van der Waals surface area contributed by atoms with E-state index in [0.29, 0.717) is 28.5 Å². The summed E-state index contributed by atoms with van der Waals surface area (Å²) in [5.41, 5.74) is 7.30. The lowest BCUT2D eigenvalue weighted by atomic mass is 10.0. The first-order valence-electron chi connectivity index (χ1n) is 7.93. The van der Waals surface area contributed by atoms with Crippen molar-refractivity contribution in [1.29, 1.82) is 0 Å². The van der Waals surface area contributed by atoms with Crippen LogP contribution in [0.25, 0.3) is 0 Å². The first kappa shape index (κ1) is 17.1. The fourth-order valence-corrected chi connectivity index (χ4v) is 3.68. The number of hydrogen-bond donors (Lipinski definition) is 1. The van der Waals surface area contributed by atoms with E-state index < -0.39 is 0 Å². The fraction of sp³-hybridized carbons (Fsp3) is 0.647. The van der Waals surface area contributed by atoms with Crippen LogP contribution in [-0.4, -0.2) is 24.0 Å². The fourth-order valence-electron chi connectivity index (χ4n) is 3.37. The van der Waals surface area contributed by atoms with Crippen molar-refractivity contribution in [3.8, 4) is 0 Å². The lowest BCUT2D eigenvalue weighted by Gasteiger charge is -2.37. The zero-order valence-corrected chi connectivity index (χ0v) is 14.5. The lowest BCUT2D eigenvalue weighted by Crippen LogP contribution is -2.42. The molecule has 0 aromatic heterocycles. The molecule has 0 bridgehead atoms. The van der Waals surface area contributed by atoms with E-state index in [1.807, 2.05) is 12.1 Å². The molecule has 1 aliphatic carbocycles. The lowest BCUT2D eigenvalue weighted by molar-refractivity contribution is 0.121. The molecule has 0 spiro atoms. The van der Waals surface area contributed by atoms with E-state index in [-0.39, 0.29) is 6.04 Å². The van der Waals surface area contributed by atoms with Crippen molar-refractivity contribution in [3.63, 3.8) is 0 Å². The third-order valence-electron chi connectivity index (χ3n) is 4.32. The van der Waals surface area contributed by atoms with Crippen molar-refractivity contribution in [3.05, 3.63) is 33.8 Å². The molecule has 0 aliphatic heterocycles. The van der Waals surface area contributed by atoms with E-state index in [1.54, 1.807) is 0 Å². The summed E-state index contributed by atoms with van der Waals surface area (Å²) in [6.45, 7) is 6.22. The SMILES string of the molecule is CC(C)CN(C1CCCC1)C(CN)c1ccc(Cl)c(Cl)c1. The summed E-state index contributed by atoms with van der Waals surface area (Å²) >= 11 is 12.2. The highest BCUT2D eigenvalue weighted by atomic mass is 35.5. The Balaban J connectivity index is 2.26. The standard InChI is InChI=1S/C17H26Cl2N2/c1-12(2)11-21(14-5-3-4-6-14)17(10-20)13-7-8-15(18)16(19)9-13/h7-9,12,14,17H,3-6,10-11,20H2,1-2H3. The van der Waals surface area contributed by atoms with Crippen molar-refractivity contribution in [2.45, 2.75) is 51.6 Å². The van der Waals surface area contributed by atoms with E-state index in [0.717, 1.165) is 6.54 Å². The largest absolute Gasteiger partial charge is 0.329 e. The minimum Gasteiger partial charge on any atom is -0.329 e. The van der Waals surface area contributed by atoms with Gasteiger partial charge in [-0.05, 0) is 36.5 Å². The normalized spacial score (nSPS) is 17.9. The molecule has 1 aromatic rings. The number of nitrogens with zero attached hydrogens (tertiary/aromatic N) is 1. The zero-order valence-electron chi connectivity index (χ0n) is 13.0. The van der Waals surface area contributed by atoms with Gasteiger partial charge in [-0.15, -0.1) is 0 Å². The Hall–Kier alpha value is -0.280. The average molecular weight is 329 g/mol. The second-order valence-corrected chi connectivity index (χ2v) is 7.27. The van der Waals surface area contributed by atoms with Gasteiger partial charge in [-0.2, -0.15) is 0 Å². The number of benzene rings is 1. The molecule has 1 aromatic carbocycles. The Bertz CT molecular complexity index is 456. The van der Waals surface area contributed by atoms with Crippen LogP contribution in [0.1, 0.15) is 51.1 Å². The number of halogens is 2. The van der Waals surface area contributed by atoms with Crippen molar-refractivity contribution in [2.24, 2.45) is 11.7 Å². The van der Waals surface area contributed by atoms with Crippen molar-refractivity contribution in [1.82, 2.24) is 4.90 Å². The number of rotatable bonds is 6. The van der Waals surface area contributed by atoms with Crippen LogP contribution in [0.4, 0.5) is 0 Å². The van der Waals surface area contributed by atoms with Gasteiger partial charge in [-0.25, -0.2) is 0 Å². The third-order valence-corrected chi connectivity index (χ3v) is 5.06. The van der Waals surface area contributed by atoms with Gasteiger partial charge in [-0.3, -0.25) is 4.90 Å². The monoisotopic (exact) mass is 328 g/mol.